The number of aliphatic hydroxyl groups excluding tert-OH is 1. The monoisotopic (exact) mass is 244 g/mol. The highest BCUT2D eigenvalue weighted by Gasteiger charge is 2.38. The lowest BCUT2D eigenvalue weighted by molar-refractivity contribution is -0.136. The van der Waals surface area contributed by atoms with Crippen LogP contribution in [0.15, 0.2) is 0 Å². The molecule has 0 spiro atoms. The summed E-state index contributed by atoms with van der Waals surface area (Å²) in [4.78, 5) is 13.8. The molecule has 0 unspecified atom stereocenters. The van der Waals surface area contributed by atoms with Gasteiger partial charge in [-0.05, 0) is 24.8 Å². The number of methoxy groups -OCH3 is 1. The van der Waals surface area contributed by atoms with Gasteiger partial charge in [-0.1, -0.05) is 6.42 Å². The Morgan fingerprint density at radius 3 is 2.59 bits per heavy atom. The molecule has 0 atom stereocenters. The molecule has 5 heteroatoms. The van der Waals surface area contributed by atoms with Crippen LogP contribution in [-0.2, 0) is 9.53 Å². The minimum absolute atomic E-state index is 0.00885. The van der Waals surface area contributed by atoms with Crippen molar-refractivity contribution in [1.82, 2.24) is 4.90 Å². The molecule has 1 amide bonds. The topological polar surface area (TPSA) is 75.8 Å². The third kappa shape index (κ3) is 3.94. The van der Waals surface area contributed by atoms with Crippen LogP contribution in [0.1, 0.15) is 25.7 Å². The first-order chi connectivity index (χ1) is 8.17. The smallest absolute Gasteiger partial charge is 0.223 e. The third-order valence-electron chi connectivity index (χ3n) is 3.66. The number of ether oxygens (including phenoxy) is 1. The number of carbonyl (C=O) groups excluding carboxylic acids is 1. The quantitative estimate of drug-likeness (QED) is 0.629. The standard InChI is InChI=1S/C12H24N2O3/c1-17-8-6-14(5-7-15)11(16)9-12(10-13)3-2-4-12/h15H,2-10,13H2,1H3. The molecule has 0 bridgehead atoms. The summed E-state index contributed by atoms with van der Waals surface area (Å²) >= 11 is 0. The summed E-state index contributed by atoms with van der Waals surface area (Å²) in [7, 11) is 1.61. The van der Waals surface area contributed by atoms with Crippen LogP contribution in [0.3, 0.4) is 0 Å². The van der Waals surface area contributed by atoms with Crippen molar-refractivity contribution < 1.29 is 14.6 Å². The summed E-state index contributed by atoms with van der Waals surface area (Å²) in [6.07, 6.45) is 3.77. The number of nitrogens with zero attached hydrogens (tertiary/aromatic N) is 1. The second-order valence-electron chi connectivity index (χ2n) is 4.83. The number of hydrogen-bond acceptors (Lipinski definition) is 4. The Morgan fingerprint density at radius 2 is 2.18 bits per heavy atom. The summed E-state index contributed by atoms with van der Waals surface area (Å²) in [5.41, 5.74) is 5.77. The van der Waals surface area contributed by atoms with Crippen LogP contribution in [0.4, 0.5) is 0 Å². The van der Waals surface area contributed by atoms with Gasteiger partial charge in [0.2, 0.25) is 5.91 Å². The van der Waals surface area contributed by atoms with E-state index in [0.29, 0.717) is 32.7 Å². The average Bonchev–Trinajstić information content (AvgIpc) is 2.29. The minimum atomic E-state index is -0.00885. The zero-order chi connectivity index (χ0) is 12.7. The molecule has 0 saturated heterocycles. The van der Waals surface area contributed by atoms with E-state index in [0.717, 1.165) is 12.8 Å². The first-order valence-electron chi connectivity index (χ1n) is 6.25. The van der Waals surface area contributed by atoms with Crippen molar-refractivity contribution in [2.45, 2.75) is 25.7 Å². The van der Waals surface area contributed by atoms with Gasteiger partial charge in [-0.2, -0.15) is 0 Å². The maximum Gasteiger partial charge on any atom is 0.223 e. The van der Waals surface area contributed by atoms with Crippen LogP contribution in [-0.4, -0.2) is 55.9 Å². The Labute approximate surface area is 103 Å². The van der Waals surface area contributed by atoms with Gasteiger partial charge in [0.25, 0.3) is 0 Å². The molecular formula is C12H24N2O3. The van der Waals surface area contributed by atoms with E-state index in [1.807, 2.05) is 0 Å². The Hall–Kier alpha value is -0.650. The molecule has 1 aliphatic carbocycles. The number of rotatable bonds is 8. The molecular weight excluding hydrogens is 220 g/mol. The van der Waals surface area contributed by atoms with Crippen molar-refractivity contribution in [2.24, 2.45) is 11.1 Å². The fraction of sp³-hybridized carbons (Fsp3) is 0.917. The number of nitrogens with two attached hydrogens (primary N) is 1. The molecule has 0 aromatic rings. The number of carbonyl (C=O) groups is 1. The first kappa shape index (κ1) is 14.4. The largest absolute Gasteiger partial charge is 0.395 e. The SMILES string of the molecule is COCCN(CCO)C(=O)CC1(CN)CCC1. The number of amides is 1. The van der Waals surface area contributed by atoms with E-state index in [9.17, 15) is 4.79 Å². The van der Waals surface area contributed by atoms with Crippen LogP contribution < -0.4 is 5.73 Å². The Morgan fingerprint density at radius 1 is 1.47 bits per heavy atom. The molecule has 17 heavy (non-hydrogen) atoms. The van der Waals surface area contributed by atoms with Gasteiger partial charge in [0.1, 0.15) is 0 Å². The highest BCUT2D eigenvalue weighted by molar-refractivity contribution is 5.77. The van der Waals surface area contributed by atoms with Crippen molar-refractivity contribution in [3.05, 3.63) is 0 Å². The van der Waals surface area contributed by atoms with Gasteiger partial charge in [-0.3, -0.25) is 4.79 Å². The fourth-order valence-corrected chi connectivity index (χ4v) is 2.25. The number of hydrogen-bond donors (Lipinski definition) is 2. The molecule has 3 N–H and O–H groups in total. The van der Waals surface area contributed by atoms with E-state index in [1.165, 1.54) is 6.42 Å². The van der Waals surface area contributed by atoms with E-state index in [2.05, 4.69) is 0 Å². The second kappa shape index (κ2) is 6.93. The molecule has 100 valence electrons. The molecule has 0 aromatic carbocycles. The van der Waals surface area contributed by atoms with Gasteiger partial charge in [0.05, 0.1) is 13.2 Å². The van der Waals surface area contributed by atoms with E-state index in [1.54, 1.807) is 12.0 Å². The lowest BCUT2D eigenvalue weighted by atomic mass is 9.66. The summed E-state index contributed by atoms with van der Waals surface area (Å²) < 4.78 is 4.97. The van der Waals surface area contributed by atoms with Crippen molar-refractivity contribution in [3.8, 4) is 0 Å². The zero-order valence-corrected chi connectivity index (χ0v) is 10.7. The van der Waals surface area contributed by atoms with Gasteiger partial charge in [0.15, 0.2) is 0 Å². The van der Waals surface area contributed by atoms with E-state index in [-0.39, 0.29) is 17.9 Å². The highest BCUT2D eigenvalue weighted by Crippen LogP contribution is 2.43. The molecule has 0 heterocycles. The van der Waals surface area contributed by atoms with E-state index >= 15 is 0 Å². The van der Waals surface area contributed by atoms with Gasteiger partial charge >= 0.3 is 0 Å². The predicted molar refractivity (Wildman–Crippen MR) is 65.5 cm³/mol. The predicted octanol–water partition coefficient (Wildman–Crippen LogP) is -0.0272. The van der Waals surface area contributed by atoms with Crippen LogP contribution in [0, 0.1) is 5.41 Å². The summed E-state index contributed by atoms with van der Waals surface area (Å²) in [5, 5.41) is 8.95. The van der Waals surface area contributed by atoms with Crippen LogP contribution >= 0.6 is 0 Å². The summed E-state index contributed by atoms with van der Waals surface area (Å²) in [6, 6.07) is 0. The molecule has 0 radical (unpaired) electrons. The molecule has 0 aliphatic heterocycles. The Bertz CT molecular complexity index is 236. The van der Waals surface area contributed by atoms with Crippen LogP contribution in [0.2, 0.25) is 0 Å². The second-order valence-corrected chi connectivity index (χ2v) is 4.83. The van der Waals surface area contributed by atoms with Crippen LogP contribution in [0.5, 0.6) is 0 Å². The lowest BCUT2D eigenvalue weighted by Gasteiger charge is -2.41. The van der Waals surface area contributed by atoms with E-state index in [4.69, 9.17) is 15.6 Å². The minimum Gasteiger partial charge on any atom is -0.395 e. The number of aliphatic hydroxyl groups is 1. The zero-order valence-electron chi connectivity index (χ0n) is 10.7. The third-order valence-corrected chi connectivity index (χ3v) is 3.66. The lowest BCUT2D eigenvalue weighted by Crippen LogP contribution is -2.44. The first-order valence-corrected chi connectivity index (χ1v) is 6.25. The van der Waals surface area contributed by atoms with Gasteiger partial charge in [0, 0.05) is 26.6 Å². The molecule has 0 aromatic heterocycles. The fourth-order valence-electron chi connectivity index (χ4n) is 2.25. The highest BCUT2D eigenvalue weighted by atomic mass is 16.5. The molecule has 1 aliphatic rings. The summed E-state index contributed by atoms with van der Waals surface area (Å²) in [6.45, 7) is 1.99. The normalized spacial score (nSPS) is 17.6. The maximum atomic E-state index is 12.1. The van der Waals surface area contributed by atoms with Crippen molar-refractivity contribution in [2.75, 3.05) is 40.0 Å². The molecule has 1 saturated carbocycles. The molecule has 5 nitrogen and oxygen atoms in total. The van der Waals surface area contributed by atoms with Crippen molar-refractivity contribution in [3.63, 3.8) is 0 Å². The van der Waals surface area contributed by atoms with Crippen molar-refractivity contribution in [1.29, 1.82) is 0 Å². The maximum absolute atomic E-state index is 12.1. The van der Waals surface area contributed by atoms with Gasteiger partial charge in [-0.15, -0.1) is 0 Å². The summed E-state index contributed by atoms with van der Waals surface area (Å²) in [5.74, 6) is 0.0845. The van der Waals surface area contributed by atoms with Crippen LogP contribution in [0.25, 0.3) is 0 Å². The van der Waals surface area contributed by atoms with Gasteiger partial charge < -0.3 is 20.5 Å². The Balaban J connectivity index is 2.45. The molecule has 1 rings (SSSR count). The van der Waals surface area contributed by atoms with Gasteiger partial charge in [-0.25, -0.2) is 0 Å². The average molecular weight is 244 g/mol. The molecule has 1 fully saturated rings. The van der Waals surface area contributed by atoms with Crippen molar-refractivity contribution >= 4 is 5.91 Å². The van der Waals surface area contributed by atoms with E-state index < -0.39 is 0 Å². The Kier molecular flexibility index (Phi) is 5.88.